The molecule has 0 heterocycles. The maximum absolute atomic E-state index is 5.44. The van der Waals surface area contributed by atoms with E-state index < -0.39 is 0 Å². The molecule has 0 saturated heterocycles. The standard InChI is InChI=1S/C11H21N3/c1-6-8-4-7(11(8,2)3)5-9(6)14-10(12)13/h6-9H,4-5H2,1-3H3,(H4,12,13,14)/t6-,7-,8+,9?/m0/s1. The second-order valence-corrected chi connectivity index (χ2v) is 5.58. The van der Waals surface area contributed by atoms with E-state index in [4.69, 9.17) is 11.5 Å². The predicted molar refractivity (Wildman–Crippen MR) is 58.8 cm³/mol. The third kappa shape index (κ3) is 1.22. The number of hydrogen-bond donors (Lipinski definition) is 2. The number of hydrogen-bond acceptors (Lipinski definition) is 1. The van der Waals surface area contributed by atoms with E-state index in [1.807, 2.05) is 0 Å². The van der Waals surface area contributed by atoms with E-state index in [1.54, 1.807) is 0 Å². The van der Waals surface area contributed by atoms with Crippen molar-refractivity contribution >= 4 is 5.96 Å². The molecule has 1 unspecified atom stereocenters. The summed E-state index contributed by atoms with van der Waals surface area (Å²) in [5, 5.41) is 0. The first-order valence-corrected chi connectivity index (χ1v) is 5.51. The van der Waals surface area contributed by atoms with Gasteiger partial charge in [-0.3, -0.25) is 4.99 Å². The van der Waals surface area contributed by atoms with Crippen LogP contribution in [0.4, 0.5) is 0 Å². The van der Waals surface area contributed by atoms with Gasteiger partial charge in [0.2, 0.25) is 0 Å². The predicted octanol–water partition coefficient (Wildman–Crippen LogP) is 1.33. The van der Waals surface area contributed by atoms with Crippen LogP contribution < -0.4 is 11.5 Å². The molecular weight excluding hydrogens is 174 g/mol. The van der Waals surface area contributed by atoms with E-state index in [9.17, 15) is 0 Å². The van der Waals surface area contributed by atoms with Gasteiger partial charge in [0.1, 0.15) is 0 Å². The van der Waals surface area contributed by atoms with Gasteiger partial charge in [-0.15, -0.1) is 0 Å². The Hall–Kier alpha value is -0.730. The second kappa shape index (κ2) is 2.88. The van der Waals surface area contributed by atoms with Crippen molar-refractivity contribution in [1.29, 1.82) is 0 Å². The summed E-state index contributed by atoms with van der Waals surface area (Å²) in [6.07, 6.45) is 2.55. The van der Waals surface area contributed by atoms with E-state index in [-0.39, 0.29) is 5.96 Å². The zero-order chi connectivity index (χ0) is 10.5. The molecule has 3 saturated carbocycles. The Labute approximate surface area is 86.0 Å². The lowest BCUT2D eigenvalue weighted by Gasteiger charge is -2.61. The fraction of sp³-hybridized carbons (Fsp3) is 0.909. The zero-order valence-corrected chi connectivity index (χ0v) is 9.33. The molecule has 0 aromatic rings. The first-order valence-electron chi connectivity index (χ1n) is 5.51. The first kappa shape index (κ1) is 9.81. The summed E-state index contributed by atoms with van der Waals surface area (Å²) in [5.41, 5.74) is 11.4. The minimum atomic E-state index is 0.251. The lowest BCUT2D eigenvalue weighted by atomic mass is 9.45. The van der Waals surface area contributed by atoms with E-state index >= 15 is 0 Å². The molecule has 3 aliphatic carbocycles. The Morgan fingerprint density at radius 1 is 1.29 bits per heavy atom. The van der Waals surface area contributed by atoms with Crippen molar-refractivity contribution in [2.24, 2.45) is 39.6 Å². The fourth-order valence-electron chi connectivity index (χ4n) is 3.48. The molecule has 2 bridgehead atoms. The minimum Gasteiger partial charge on any atom is -0.370 e. The molecule has 3 nitrogen and oxygen atoms in total. The normalized spacial score (nSPS) is 43.9. The van der Waals surface area contributed by atoms with Crippen LogP contribution in [0, 0.1) is 23.2 Å². The highest BCUT2D eigenvalue weighted by Gasteiger charge is 2.56. The minimum absolute atomic E-state index is 0.251. The molecule has 80 valence electrons. The third-order valence-electron chi connectivity index (χ3n) is 4.63. The van der Waals surface area contributed by atoms with Crippen LogP contribution in [0.5, 0.6) is 0 Å². The van der Waals surface area contributed by atoms with Crippen molar-refractivity contribution in [2.45, 2.75) is 39.7 Å². The Kier molecular flexibility index (Phi) is 2.02. The van der Waals surface area contributed by atoms with E-state index in [0.717, 1.165) is 11.8 Å². The molecule has 0 radical (unpaired) electrons. The van der Waals surface area contributed by atoms with Gasteiger partial charge in [-0.25, -0.2) is 0 Å². The van der Waals surface area contributed by atoms with Crippen molar-refractivity contribution in [2.75, 3.05) is 0 Å². The average Bonchev–Trinajstić information content (AvgIpc) is 2.06. The topological polar surface area (TPSA) is 64.4 Å². The van der Waals surface area contributed by atoms with Gasteiger partial charge >= 0.3 is 0 Å². The molecule has 0 spiro atoms. The van der Waals surface area contributed by atoms with Crippen LogP contribution in [0.1, 0.15) is 33.6 Å². The second-order valence-electron chi connectivity index (χ2n) is 5.58. The highest BCUT2D eigenvalue weighted by molar-refractivity contribution is 5.75. The molecule has 3 heteroatoms. The average molecular weight is 195 g/mol. The van der Waals surface area contributed by atoms with Gasteiger partial charge in [0.05, 0.1) is 6.04 Å². The van der Waals surface area contributed by atoms with E-state index in [2.05, 4.69) is 25.8 Å². The fourth-order valence-corrected chi connectivity index (χ4v) is 3.48. The largest absolute Gasteiger partial charge is 0.370 e. The molecule has 14 heavy (non-hydrogen) atoms. The van der Waals surface area contributed by atoms with Crippen molar-refractivity contribution in [3.63, 3.8) is 0 Å². The van der Waals surface area contributed by atoms with Crippen molar-refractivity contribution < 1.29 is 0 Å². The highest BCUT2D eigenvalue weighted by Crippen LogP contribution is 2.61. The molecule has 0 amide bonds. The summed E-state index contributed by atoms with van der Waals surface area (Å²) < 4.78 is 0. The third-order valence-corrected chi connectivity index (χ3v) is 4.63. The van der Waals surface area contributed by atoms with Gasteiger partial charge in [-0.1, -0.05) is 20.8 Å². The van der Waals surface area contributed by atoms with Gasteiger partial charge in [0.15, 0.2) is 5.96 Å². The zero-order valence-electron chi connectivity index (χ0n) is 9.33. The van der Waals surface area contributed by atoms with Crippen molar-refractivity contribution in [3.8, 4) is 0 Å². The summed E-state index contributed by atoms with van der Waals surface area (Å²) in [4.78, 5) is 4.34. The number of aliphatic imine (C=N–C) groups is 1. The van der Waals surface area contributed by atoms with Crippen LogP contribution in [0.3, 0.4) is 0 Å². The maximum atomic E-state index is 5.44. The maximum Gasteiger partial charge on any atom is 0.186 e. The molecule has 3 rings (SSSR count). The Morgan fingerprint density at radius 2 is 1.93 bits per heavy atom. The molecule has 0 aliphatic heterocycles. The van der Waals surface area contributed by atoms with Crippen LogP contribution in [0.25, 0.3) is 0 Å². The molecule has 3 aliphatic rings. The Balaban J connectivity index is 2.12. The summed E-state index contributed by atoms with van der Waals surface area (Å²) in [6, 6.07) is 0.372. The number of nitrogens with two attached hydrogens (primary N) is 2. The summed E-state index contributed by atoms with van der Waals surface area (Å²) >= 11 is 0. The van der Waals surface area contributed by atoms with Crippen LogP contribution >= 0.6 is 0 Å². The smallest absolute Gasteiger partial charge is 0.186 e. The van der Waals surface area contributed by atoms with Crippen molar-refractivity contribution in [3.05, 3.63) is 0 Å². The Bertz CT molecular complexity index is 266. The first-order chi connectivity index (χ1) is 6.43. The molecule has 0 aromatic heterocycles. The number of nitrogens with zero attached hydrogens (tertiary/aromatic N) is 1. The van der Waals surface area contributed by atoms with Gasteiger partial charge in [0, 0.05) is 0 Å². The van der Waals surface area contributed by atoms with Crippen molar-refractivity contribution in [1.82, 2.24) is 0 Å². The lowest BCUT2D eigenvalue weighted by Crippen LogP contribution is -2.56. The van der Waals surface area contributed by atoms with Crippen LogP contribution in [-0.2, 0) is 0 Å². The van der Waals surface area contributed by atoms with Crippen LogP contribution in [-0.4, -0.2) is 12.0 Å². The lowest BCUT2D eigenvalue weighted by molar-refractivity contribution is -0.108. The summed E-state index contributed by atoms with van der Waals surface area (Å²) in [7, 11) is 0. The van der Waals surface area contributed by atoms with Gasteiger partial charge in [-0.2, -0.15) is 0 Å². The van der Waals surface area contributed by atoms with Crippen LogP contribution in [0.15, 0.2) is 4.99 Å². The van der Waals surface area contributed by atoms with Gasteiger partial charge in [0.25, 0.3) is 0 Å². The molecule has 4 atom stereocenters. The summed E-state index contributed by atoms with van der Waals surface area (Å²) in [6.45, 7) is 7.06. The van der Waals surface area contributed by atoms with E-state index in [1.165, 1.54) is 12.8 Å². The molecule has 0 aromatic carbocycles. The number of rotatable bonds is 1. The molecule has 3 fully saturated rings. The van der Waals surface area contributed by atoms with Gasteiger partial charge in [-0.05, 0) is 36.0 Å². The highest BCUT2D eigenvalue weighted by atomic mass is 15.0. The number of guanidine groups is 1. The quantitative estimate of drug-likeness (QED) is 0.489. The van der Waals surface area contributed by atoms with E-state index in [0.29, 0.717) is 17.4 Å². The monoisotopic (exact) mass is 195 g/mol. The molecular formula is C11H21N3. The SMILES string of the molecule is C[C@@H]1C(N=C(N)N)C[C@@H]2C[C@H]1C2(C)C. The summed E-state index contributed by atoms with van der Waals surface area (Å²) in [5.74, 6) is 2.53. The van der Waals surface area contributed by atoms with Gasteiger partial charge < -0.3 is 11.5 Å². The Morgan fingerprint density at radius 3 is 2.36 bits per heavy atom. The molecule has 4 N–H and O–H groups in total. The van der Waals surface area contributed by atoms with Crippen LogP contribution in [0.2, 0.25) is 0 Å². The number of fused-ring (bicyclic) bond motifs is 2.